The highest BCUT2D eigenvalue weighted by Crippen LogP contribution is 2.50. The van der Waals surface area contributed by atoms with Crippen LogP contribution in [0.1, 0.15) is 13.2 Å². The van der Waals surface area contributed by atoms with Crippen molar-refractivity contribution in [1.29, 1.82) is 0 Å². The van der Waals surface area contributed by atoms with E-state index < -0.39 is 45.0 Å². The third-order valence-electron chi connectivity index (χ3n) is 4.59. The summed E-state index contributed by atoms with van der Waals surface area (Å²) in [6, 6.07) is 16.9. The van der Waals surface area contributed by atoms with Crippen LogP contribution in [0.4, 0.5) is 14.6 Å². The number of nitrogens with zero attached hydrogens (tertiary/aromatic N) is 2. The number of anilines is 1. The lowest BCUT2D eigenvalue weighted by Crippen LogP contribution is -2.46. The zero-order chi connectivity index (χ0) is 25.5. The van der Waals surface area contributed by atoms with Crippen molar-refractivity contribution in [2.24, 2.45) is 0 Å². The molecule has 0 aliphatic heterocycles. The molecule has 0 bridgehead atoms. The van der Waals surface area contributed by atoms with Crippen LogP contribution in [0.2, 0.25) is 0 Å². The average molecular weight is 511 g/mol. The molecule has 0 saturated carbocycles. The number of phosphoric ester groups is 1. The molecule has 3 rings (SSSR count). The lowest BCUT2D eigenvalue weighted by atomic mass is 10.2. The molecule has 2 aromatic carbocycles. The molecule has 3 N–H and O–H groups in total. The molecule has 188 valence electrons. The molecule has 3 atom stereocenters. The van der Waals surface area contributed by atoms with E-state index in [1.165, 1.54) is 30.3 Å². The second-order valence-corrected chi connectivity index (χ2v) is 8.78. The Morgan fingerprint density at radius 1 is 1.09 bits per heavy atom. The van der Waals surface area contributed by atoms with Gasteiger partial charge in [-0.3, -0.25) is 9.09 Å². The fraction of sp³-hybridized carbons (Fsp3) is 0.273. The summed E-state index contributed by atoms with van der Waals surface area (Å²) in [5.74, 6) is -3.09. The molecule has 3 aromatic rings. The fourth-order valence-electron chi connectivity index (χ4n) is 2.75. The smallest absolute Gasteiger partial charge is 0.395 e. The number of para-hydroxylation sites is 2. The molecule has 0 amide bonds. The molecular formula is C22H24F2N3O7P. The maximum atomic E-state index is 15.7. The third-order valence-corrected chi connectivity index (χ3v) is 5.90. The van der Waals surface area contributed by atoms with E-state index in [0.717, 1.165) is 13.1 Å². The SMILES string of the molecule is C[C@H](O)[C@@](F)(COP(=O)(Oc1ccccc1)Oc1ccccc1)O[C@H](CF)n1ccc(N)nc1=O. The first-order valence-corrected chi connectivity index (χ1v) is 11.8. The number of nitrogen functional groups attached to an aromatic ring is 1. The average Bonchev–Trinajstić information content (AvgIpc) is 2.83. The van der Waals surface area contributed by atoms with Crippen LogP contribution in [0.5, 0.6) is 11.5 Å². The zero-order valence-electron chi connectivity index (χ0n) is 18.6. The minimum Gasteiger partial charge on any atom is -0.395 e. The molecule has 1 heterocycles. The Hall–Kier alpha value is -3.31. The number of aliphatic hydroxyl groups is 1. The second-order valence-electron chi connectivity index (χ2n) is 7.26. The summed E-state index contributed by atoms with van der Waals surface area (Å²) in [7, 11) is -4.56. The van der Waals surface area contributed by atoms with E-state index in [2.05, 4.69) is 4.98 Å². The van der Waals surface area contributed by atoms with Crippen molar-refractivity contribution in [2.75, 3.05) is 19.0 Å². The van der Waals surface area contributed by atoms with E-state index in [9.17, 15) is 18.9 Å². The quantitative estimate of drug-likeness (QED) is 0.350. The molecular weight excluding hydrogens is 487 g/mol. The van der Waals surface area contributed by atoms with Gasteiger partial charge in [0, 0.05) is 6.20 Å². The monoisotopic (exact) mass is 511 g/mol. The summed E-state index contributed by atoms with van der Waals surface area (Å²) in [5, 5.41) is 10.1. The van der Waals surface area contributed by atoms with Crippen molar-refractivity contribution in [2.45, 2.75) is 25.1 Å². The van der Waals surface area contributed by atoms with Gasteiger partial charge >= 0.3 is 13.5 Å². The van der Waals surface area contributed by atoms with Gasteiger partial charge in [-0.25, -0.2) is 18.1 Å². The lowest BCUT2D eigenvalue weighted by Gasteiger charge is -2.32. The highest BCUT2D eigenvalue weighted by molar-refractivity contribution is 7.49. The number of aliphatic hydroxyl groups excluding tert-OH is 1. The van der Waals surface area contributed by atoms with Gasteiger partial charge in [-0.1, -0.05) is 36.4 Å². The van der Waals surface area contributed by atoms with Crippen LogP contribution in [0.15, 0.2) is 77.7 Å². The van der Waals surface area contributed by atoms with Gasteiger partial charge in [-0.15, -0.1) is 0 Å². The van der Waals surface area contributed by atoms with Gasteiger partial charge in [-0.2, -0.15) is 4.98 Å². The molecule has 0 fully saturated rings. The Labute approximate surface area is 199 Å². The van der Waals surface area contributed by atoms with Crippen LogP contribution >= 0.6 is 7.82 Å². The van der Waals surface area contributed by atoms with Crippen LogP contribution in [-0.2, 0) is 13.8 Å². The summed E-state index contributed by atoms with van der Waals surface area (Å²) in [5.41, 5.74) is 4.41. The van der Waals surface area contributed by atoms with E-state index in [1.807, 2.05) is 0 Å². The second kappa shape index (κ2) is 11.4. The van der Waals surface area contributed by atoms with E-state index in [0.29, 0.717) is 4.57 Å². The largest absolute Gasteiger partial charge is 0.587 e. The zero-order valence-corrected chi connectivity index (χ0v) is 19.5. The number of halogens is 2. The van der Waals surface area contributed by atoms with Crippen molar-refractivity contribution in [3.63, 3.8) is 0 Å². The first-order valence-electron chi connectivity index (χ1n) is 10.3. The Kier molecular flexibility index (Phi) is 8.57. The number of hydrogen-bond donors (Lipinski definition) is 2. The first kappa shape index (κ1) is 26.3. The number of hydrogen-bond acceptors (Lipinski definition) is 9. The molecule has 13 heteroatoms. The summed E-state index contributed by atoms with van der Waals surface area (Å²) in [4.78, 5) is 15.5. The summed E-state index contributed by atoms with van der Waals surface area (Å²) in [6.07, 6.45) is -2.71. The van der Waals surface area contributed by atoms with Gasteiger partial charge in [0.25, 0.3) is 5.85 Å². The van der Waals surface area contributed by atoms with Gasteiger partial charge in [0.05, 0.1) is 0 Å². The van der Waals surface area contributed by atoms with Crippen molar-refractivity contribution >= 4 is 13.6 Å². The van der Waals surface area contributed by atoms with Crippen molar-refractivity contribution in [3.05, 3.63) is 83.4 Å². The van der Waals surface area contributed by atoms with Gasteiger partial charge in [0.15, 0.2) is 6.23 Å². The topological polar surface area (TPSA) is 135 Å². The molecule has 0 radical (unpaired) electrons. The van der Waals surface area contributed by atoms with E-state index in [4.69, 9.17) is 24.0 Å². The minimum atomic E-state index is -4.56. The van der Waals surface area contributed by atoms with Crippen LogP contribution in [-0.4, -0.2) is 39.9 Å². The molecule has 0 aliphatic rings. The third kappa shape index (κ3) is 7.09. The van der Waals surface area contributed by atoms with Gasteiger partial charge in [0.1, 0.15) is 36.7 Å². The maximum absolute atomic E-state index is 15.7. The molecule has 10 nitrogen and oxygen atoms in total. The highest BCUT2D eigenvalue weighted by Gasteiger charge is 2.44. The maximum Gasteiger partial charge on any atom is 0.587 e. The number of alkyl halides is 2. The predicted molar refractivity (Wildman–Crippen MR) is 122 cm³/mol. The Morgan fingerprint density at radius 3 is 2.09 bits per heavy atom. The number of nitrogens with two attached hydrogens (primary N) is 1. The summed E-state index contributed by atoms with van der Waals surface area (Å²) >= 11 is 0. The summed E-state index contributed by atoms with van der Waals surface area (Å²) < 4.78 is 64.5. The number of phosphoric acid groups is 1. The molecule has 0 aliphatic carbocycles. The Morgan fingerprint density at radius 2 is 1.63 bits per heavy atom. The van der Waals surface area contributed by atoms with E-state index in [-0.39, 0.29) is 17.3 Å². The predicted octanol–water partition coefficient (Wildman–Crippen LogP) is 3.64. The minimum absolute atomic E-state index is 0.0929. The Balaban J connectivity index is 1.85. The van der Waals surface area contributed by atoms with Crippen LogP contribution in [0.25, 0.3) is 0 Å². The van der Waals surface area contributed by atoms with Crippen molar-refractivity contribution in [3.8, 4) is 11.5 Å². The van der Waals surface area contributed by atoms with Crippen LogP contribution < -0.4 is 20.5 Å². The van der Waals surface area contributed by atoms with Crippen LogP contribution in [0, 0.1) is 0 Å². The first-order chi connectivity index (χ1) is 16.6. The van der Waals surface area contributed by atoms with E-state index in [1.54, 1.807) is 36.4 Å². The van der Waals surface area contributed by atoms with Gasteiger partial charge in [0.2, 0.25) is 0 Å². The van der Waals surface area contributed by atoms with Gasteiger partial charge in [-0.05, 0) is 37.3 Å². The highest BCUT2D eigenvalue weighted by atomic mass is 31.2. The van der Waals surface area contributed by atoms with Gasteiger partial charge < -0.3 is 24.6 Å². The molecule has 0 saturated heterocycles. The Bertz CT molecular complexity index is 1150. The van der Waals surface area contributed by atoms with E-state index >= 15 is 4.39 Å². The van der Waals surface area contributed by atoms with Crippen molar-refractivity contribution in [1.82, 2.24) is 9.55 Å². The molecule has 35 heavy (non-hydrogen) atoms. The molecule has 1 aromatic heterocycles. The number of benzene rings is 2. The normalized spacial score (nSPS) is 15.1. The number of aromatic nitrogens is 2. The lowest BCUT2D eigenvalue weighted by molar-refractivity contribution is -0.261. The molecule has 0 unspecified atom stereocenters. The fourth-order valence-corrected chi connectivity index (χ4v) is 3.98. The standard InChI is InChI=1S/C22H24F2N3O7P/c1-16(28)22(24,32-20(14-23)27-13-12-19(25)26-21(27)29)15-31-35(30,33-17-8-4-2-5-9-17)34-18-10-6-3-7-11-18/h2-13,16,20,28H,14-15H2,1H3,(H2,25,26,29)/t16-,20+,22+/m0/s1. The summed E-state index contributed by atoms with van der Waals surface area (Å²) in [6.45, 7) is -1.58. The van der Waals surface area contributed by atoms with Crippen molar-refractivity contribution < 1.29 is 36.8 Å². The number of rotatable bonds is 12. The number of ether oxygens (including phenoxy) is 1. The molecule has 0 spiro atoms. The van der Waals surface area contributed by atoms with Crippen LogP contribution in [0.3, 0.4) is 0 Å².